The summed E-state index contributed by atoms with van der Waals surface area (Å²) in [7, 11) is 0. The van der Waals surface area contributed by atoms with E-state index in [1.807, 2.05) is 23.7 Å². The maximum absolute atomic E-state index is 12.7. The lowest BCUT2D eigenvalue weighted by Gasteiger charge is -2.23. The van der Waals surface area contributed by atoms with Gasteiger partial charge in [0.05, 0.1) is 11.7 Å². The number of carbonyl (C=O) groups is 1. The van der Waals surface area contributed by atoms with Crippen molar-refractivity contribution in [1.82, 2.24) is 25.2 Å². The Hall–Kier alpha value is -2.25. The molecule has 1 aromatic heterocycles. The Labute approximate surface area is 166 Å². The Morgan fingerprint density at radius 1 is 1.18 bits per heavy atom. The van der Waals surface area contributed by atoms with E-state index in [1.165, 1.54) is 31.5 Å². The average molecular weight is 383 g/mol. The topological polar surface area (TPSA) is 75.1 Å². The van der Waals surface area contributed by atoms with Crippen LogP contribution < -0.4 is 10.6 Å². The van der Waals surface area contributed by atoms with Gasteiger partial charge in [-0.15, -0.1) is 5.10 Å². The fraction of sp³-hybridized carbons (Fsp3) is 0.571. The van der Waals surface area contributed by atoms with Gasteiger partial charge in [-0.25, -0.2) is 4.68 Å². The zero-order valence-electron chi connectivity index (χ0n) is 16.7. The molecule has 150 valence electrons. The van der Waals surface area contributed by atoms with E-state index in [9.17, 15) is 4.79 Å². The van der Waals surface area contributed by atoms with Gasteiger partial charge >= 0.3 is 0 Å². The molecular formula is C21H30N6O. The molecule has 0 aliphatic carbocycles. The highest BCUT2D eigenvalue weighted by molar-refractivity contribution is 6.03. The summed E-state index contributed by atoms with van der Waals surface area (Å²) in [6.45, 7) is 7.46. The number of nitrogens with one attached hydrogen (secondary N) is 2. The van der Waals surface area contributed by atoms with Crippen LogP contribution in [0.25, 0.3) is 0 Å². The van der Waals surface area contributed by atoms with E-state index in [0.717, 1.165) is 50.3 Å². The Morgan fingerprint density at radius 2 is 1.89 bits per heavy atom. The number of rotatable bonds is 6. The van der Waals surface area contributed by atoms with Crippen LogP contribution in [0, 0.1) is 6.92 Å². The molecule has 4 rings (SSSR count). The molecule has 2 saturated heterocycles. The molecule has 2 aliphatic rings. The summed E-state index contributed by atoms with van der Waals surface area (Å²) in [6.07, 6.45) is 5.74. The molecule has 3 heterocycles. The van der Waals surface area contributed by atoms with E-state index in [1.54, 1.807) is 0 Å². The van der Waals surface area contributed by atoms with Crippen LogP contribution in [-0.2, 0) is 6.42 Å². The second-order valence-electron chi connectivity index (χ2n) is 7.90. The average Bonchev–Trinajstić information content (AvgIpc) is 3.38. The van der Waals surface area contributed by atoms with Crippen LogP contribution in [0.2, 0.25) is 0 Å². The van der Waals surface area contributed by atoms with E-state index in [2.05, 4.69) is 38.0 Å². The number of likely N-dealkylation sites (tertiary alicyclic amines) is 1. The summed E-state index contributed by atoms with van der Waals surface area (Å²) < 4.78 is 1.91. The quantitative estimate of drug-likeness (QED) is 0.802. The summed E-state index contributed by atoms with van der Waals surface area (Å²) >= 11 is 0. The smallest absolute Gasteiger partial charge is 0.278 e. The van der Waals surface area contributed by atoms with Crippen molar-refractivity contribution in [3.05, 3.63) is 41.2 Å². The van der Waals surface area contributed by atoms with Gasteiger partial charge in [0.2, 0.25) is 0 Å². The molecule has 2 aromatic rings. The van der Waals surface area contributed by atoms with E-state index in [4.69, 9.17) is 0 Å². The molecule has 0 unspecified atom stereocenters. The third kappa shape index (κ3) is 4.42. The molecule has 1 amide bonds. The van der Waals surface area contributed by atoms with Crippen LogP contribution in [0.3, 0.4) is 0 Å². The lowest BCUT2D eigenvalue weighted by Crippen LogP contribution is -2.30. The first-order valence-corrected chi connectivity index (χ1v) is 10.5. The van der Waals surface area contributed by atoms with Crippen molar-refractivity contribution in [3.63, 3.8) is 0 Å². The molecule has 2 fully saturated rings. The number of hydrogen-bond acceptors (Lipinski definition) is 5. The molecule has 2 aliphatic heterocycles. The number of anilines is 1. The fourth-order valence-corrected chi connectivity index (χ4v) is 4.19. The molecule has 0 atom stereocenters. The summed E-state index contributed by atoms with van der Waals surface area (Å²) in [5.74, 6) is -0.192. The number of aromatic nitrogens is 3. The molecule has 0 bridgehead atoms. The molecule has 0 spiro atoms. The van der Waals surface area contributed by atoms with Crippen molar-refractivity contribution >= 4 is 11.6 Å². The van der Waals surface area contributed by atoms with E-state index < -0.39 is 0 Å². The predicted molar refractivity (Wildman–Crippen MR) is 110 cm³/mol. The van der Waals surface area contributed by atoms with Crippen LogP contribution >= 0.6 is 0 Å². The number of benzene rings is 1. The van der Waals surface area contributed by atoms with Crippen LogP contribution in [0.5, 0.6) is 0 Å². The summed E-state index contributed by atoms with van der Waals surface area (Å²) in [5.41, 5.74) is 3.35. The van der Waals surface area contributed by atoms with E-state index in [-0.39, 0.29) is 5.91 Å². The van der Waals surface area contributed by atoms with Crippen molar-refractivity contribution < 1.29 is 4.79 Å². The molecule has 28 heavy (non-hydrogen) atoms. The van der Waals surface area contributed by atoms with Crippen molar-refractivity contribution in [2.24, 2.45) is 0 Å². The number of carbonyl (C=O) groups excluding carboxylic acids is 1. The first-order chi connectivity index (χ1) is 13.7. The number of amides is 1. The minimum atomic E-state index is -0.192. The Morgan fingerprint density at radius 3 is 2.61 bits per heavy atom. The third-order valence-electron chi connectivity index (χ3n) is 5.92. The molecule has 7 nitrogen and oxygen atoms in total. The third-order valence-corrected chi connectivity index (χ3v) is 5.92. The Balaban J connectivity index is 1.34. The van der Waals surface area contributed by atoms with Crippen LogP contribution in [0.4, 0.5) is 5.69 Å². The molecule has 0 radical (unpaired) electrons. The van der Waals surface area contributed by atoms with Crippen LogP contribution in [0.15, 0.2) is 24.3 Å². The highest BCUT2D eigenvalue weighted by Gasteiger charge is 2.23. The van der Waals surface area contributed by atoms with Gasteiger partial charge in [-0.1, -0.05) is 17.3 Å². The minimum absolute atomic E-state index is 0.192. The summed E-state index contributed by atoms with van der Waals surface area (Å²) in [5, 5.41) is 14.7. The molecular weight excluding hydrogens is 352 g/mol. The fourth-order valence-electron chi connectivity index (χ4n) is 4.19. The van der Waals surface area contributed by atoms with Gasteiger partial charge in [0.25, 0.3) is 5.91 Å². The summed E-state index contributed by atoms with van der Waals surface area (Å²) in [4.78, 5) is 15.2. The van der Waals surface area contributed by atoms with Gasteiger partial charge in [0, 0.05) is 12.2 Å². The number of hydrogen-bond donors (Lipinski definition) is 2. The zero-order valence-corrected chi connectivity index (χ0v) is 16.7. The van der Waals surface area contributed by atoms with Crippen LogP contribution in [0.1, 0.15) is 53.5 Å². The lowest BCUT2D eigenvalue weighted by molar-refractivity contribution is 0.102. The highest BCUT2D eigenvalue weighted by Crippen LogP contribution is 2.21. The second kappa shape index (κ2) is 8.84. The van der Waals surface area contributed by atoms with Crippen molar-refractivity contribution in [3.8, 4) is 0 Å². The van der Waals surface area contributed by atoms with E-state index >= 15 is 0 Å². The largest absolute Gasteiger partial charge is 0.321 e. The maximum Gasteiger partial charge on any atom is 0.278 e. The Bertz CT molecular complexity index is 788. The van der Waals surface area contributed by atoms with Gasteiger partial charge in [-0.05, 0) is 82.9 Å². The van der Waals surface area contributed by atoms with Gasteiger partial charge in [-0.3, -0.25) is 4.79 Å². The van der Waals surface area contributed by atoms with E-state index in [0.29, 0.717) is 11.7 Å². The predicted octanol–water partition coefficient (Wildman–Crippen LogP) is 2.40. The SMILES string of the molecule is Cc1c(C(=O)Nc2ccc(CCN3CCCC3)cc2)nnn1C1CCNCC1. The van der Waals surface area contributed by atoms with Gasteiger partial charge in [-0.2, -0.15) is 0 Å². The number of piperidine rings is 1. The standard InChI is InChI=1S/C21H30N6O/c1-16-20(24-25-27(16)19-8-11-22-12-9-19)21(28)23-18-6-4-17(5-7-18)10-15-26-13-2-3-14-26/h4-7,19,22H,2-3,8-15H2,1H3,(H,23,28). The first kappa shape index (κ1) is 19.1. The monoisotopic (exact) mass is 382 g/mol. The first-order valence-electron chi connectivity index (χ1n) is 10.5. The van der Waals surface area contributed by atoms with Crippen molar-refractivity contribution in [2.45, 2.75) is 45.1 Å². The Kier molecular flexibility index (Phi) is 6.02. The molecule has 2 N–H and O–H groups in total. The van der Waals surface area contributed by atoms with Gasteiger partial charge in [0.1, 0.15) is 0 Å². The second-order valence-corrected chi connectivity index (χ2v) is 7.90. The van der Waals surface area contributed by atoms with Gasteiger partial charge in [0.15, 0.2) is 5.69 Å². The van der Waals surface area contributed by atoms with Crippen LogP contribution in [-0.4, -0.2) is 58.5 Å². The minimum Gasteiger partial charge on any atom is -0.321 e. The van der Waals surface area contributed by atoms with Crippen molar-refractivity contribution in [1.29, 1.82) is 0 Å². The normalized spacial score (nSPS) is 18.5. The molecule has 1 aromatic carbocycles. The van der Waals surface area contributed by atoms with Gasteiger partial charge < -0.3 is 15.5 Å². The molecule has 7 heteroatoms. The number of nitrogens with zero attached hydrogens (tertiary/aromatic N) is 4. The zero-order chi connectivity index (χ0) is 19.3. The molecule has 0 saturated carbocycles. The lowest BCUT2D eigenvalue weighted by atomic mass is 10.1. The van der Waals surface area contributed by atoms with Crippen molar-refractivity contribution in [2.75, 3.05) is 38.0 Å². The highest BCUT2D eigenvalue weighted by atomic mass is 16.2. The maximum atomic E-state index is 12.7. The summed E-state index contributed by atoms with van der Waals surface area (Å²) in [6, 6.07) is 8.48.